The van der Waals surface area contributed by atoms with E-state index in [4.69, 9.17) is 0 Å². The molecule has 1 saturated heterocycles. The van der Waals surface area contributed by atoms with E-state index in [2.05, 4.69) is 36.1 Å². The lowest BCUT2D eigenvalue weighted by Crippen LogP contribution is -2.59. The van der Waals surface area contributed by atoms with Crippen molar-refractivity contribution in [2.75, 3.05) is 6.54 Å². The van der Waals surface area contributed by atoms with Gasteiger partial charge < -0.3 is 5.11 Å². The Morgan fingerprint density at radius 2 is 2.05 bits per heavy atom. The number of carboxylic acids is 1. The molecular weight excluding hydrogens is 250 g/mol. The van der Waals surface area contributed by atoms with Crippen molar-refractivity contribution >= 4 is 5.97 Å². The molecule has 1 heterocycles. The molecule has 0 amide bonds. The summed E-state index contributed by atoms with van der Waals surface area (Å²) in [6, 6.07) is 10.7. The van der Waals surface area contributed by atoms with Crippen molar-refractivity contribution in [1.29, 1.82) is 0 Å². The van der Waals surface area contributed by atoms with Crippen molar-refractivity contribution in [2.24, 2.45) is 0 Å². The number of rotatable bonds is 5. The van der Waals surface area contributed by atoms with E-state index in [0.29, 0.717) is 6.04 Å². The number of hydrogen-bond acceptors (Lipinski definition) is 2. The van der Waals surface area contributed by atoms with Gasteiger partial charge in [0.15, 0.2) is 0 Å². The van der Waals surface area contributed by atoms with Crippen molar-refractivity contribution in [3.63, 3.8) is 0 Å². The van der Waals surface area contributed by atoms with Crippen molar-refractivity contribution in [2.45, 2.75) is 57.5 Å². The van der Waals surface area contributed by atoms with E-state index in [9.17, 15) is 9.90 Å². The summed E-state index contributed by atoms with van der Waals surface area (Å²) in [7, 11) is 0. The Balaban J connectivity index is 2.18. The first-order chi connectivity index (χ1) is 9.58. The van der Waals surface area contributed by atoms with Crippen LogP contribution < -0.4 is 0 Å². The molecule has 0 saturated carbocycles. The third-order valence-corrected chi connectivity index (χ3v) is 4.63. The first-order valence-corrected chi connectivity index (χ1v) is 7.62. The molecule has 0 bridgehead atoms. The summed E-state index contributed by atoms with van der Waals surface area (Å²) in [5.74, 6) is -0.677. The van der Waals surface area contributed by atoms with Crippen molar-refractivity contribution in [3.05, 3.63) is 35.9 Å². The zero-order valence-corrected chi connectivity index (χ0v) is 12.5. The maximum absolute atomic E-state index is 11.7. The van der Waals surface area contributed by atoms with Gasteiger partial charge in [0.25, 0.3) is 0 Å². The van der Waals surface area contributed by atoms with E-state index < -0.39 is 11.5 Å². The van der Waals surface area contributed by atoms with Crippen LogP contribution in [0, 0.1) is 0 Å². The molecule has 0 aromatic heterocycles. The van der Waals surface area contributed by atoms with Crippen LogP contribution in [0.5, 0.6) is 0 Å². The lowest BCUT2D eigenvalue weighted by Gasteiger charge is -2.46. The van der Waals surface area contributed by atoms with E-state index in [1.807, 2.05) is 13.0 Å². The second-order valence-corrected chi connectivity index (χ2v) is 5.98. The minimum absolute atomic E-state index is 0.304. The van der Waals surface area contributed by atoms with Gasteiger partial charge in [-0.25, -0.2) is 0 Å². The summed E-state index contributed by atoms with van der Waals surface area (Å²) in [5.41, 5.74) is 0.589. The second kappa shape index (κ2) is 6.40. The number of likely N-dealkylation sites (tertiary alicyclic amines) is 1. The third-order valence-electron chi connectivity index (χ3n) is 4.63. The molecule has 2 unspecified atom stereocenters. The zero-order valence-electron chi connectivity index (χ0n) is 12.5. The van der Waals surface area contributed by atoms with E-state index >= 15 is 0 Å². The lowest BCUT2D eigenvalue weighted by molar-refractivity contribution is -0.155. The molecule has 0 radical (unpaired) electrons. The molecule has 0 spiro atoms. The van der Waals surface area contributed by atoms with Gasteiger partial charge in [-0.2, -0.15) is 0 Å². The van der Waals surface area contributed by atoms with Crippen molar-refractivity contribution in [3.8, 4) is 0 Å². The third kappa shape index (κ3) is 3.04. The number of hydrogen-bond donors (Lipinski definition) is 1. The highest BCUT2D eigenvalue weighted by atomic mass is 16.4. The van der Waals surface area contributed by atoms with Gasteiger partial charge in [0.2, 0.25) is 0 Å². The number of carbonyl (C=O) groups is 1. The smallest absolute Gasteiger partial charge is 0.323 e. The van der Waals surface area contributed by atoms with Crippen LogP contribution >= 0.6 is 0 Å². The van der Waals surface area contributed by atoms with E-state index in [1.165, 1.54) is 5.56 Å². The molecule has 20 heavy (non-hydrogen) atoms. The van der Waals surface area contributed by atoms with E-state index in [1.54, 1.807) is 0 Å². The number of nitrogens with zero attached hydrogens (tertiary/aromatic N) is 1. The summed E-state index contributed by atoms with van der Waals surface area (Å²) in [5, 5.41) is 9.64. The summed E-state index contributed by atoms with van der Waals surface area (Å²) in [4.78, 5) is 13.9. The van der Waals surface area contributed by atoms with Crippen molar-refractivity contribution < 1.29 is 9.90 Å². The molecule has 1 fully saturated rings. The van der Waals surface area contributed by atoms with Gasteiger partial charge in [0.1, 0.15) is 5.54 Å². The van der Waals surface area contributed by atoms with Gasteiger partial charge in [-0.3, -0.25) is 9.69 Å². The maximum Gasteiger partial charge on any atom is 0.323 e. The van der Waals surface area contributed by atoms with Crippen LogP contribution in [0.4, 0.5) is 0 Å². The monoisotopic (exact) mass is 275 g/mol. The fourth-order valence-corrected chi connectivity index (χ4v) is 3.32. The predicted molar refractivity (Wildman–Crippen MR) is 80.8 cm³/mol. The molecule has 1 aromatic rings. The van der Waals surface area contributed by atoms with Crippen LogP contribution in [0.25, 0.3) is 0 Å². The number of carboxylic acid groups (broad SMARTS) is 1. The first kappa shape index (κ1) is 15.0. The molecule has 0 aliphatic carbocycles. The quantitative estimate of drug-likeness (QED) is 0.896. The molecule has 3 nitrogen and oxygen atoms in total. The second-order valence-electron chi connectivity index (χ2n) is 5.98. The highest BCUT2D eigenvalue weighted by Gasteiger charge is 2.43. The molecule has 1 aromatic carbocycles. The van der Waals surface area contributed by atoms with Crippen LogP contribution in [-0.4, -0.2) is 34.1 Å². The molecule has 1 N–H and O–H groups in total. The van der Waals surface area contributed by atoms with E-state index in [0.717, 1.165) is 38.6 Å². The SMILES string of the molecule is CCC(Cc1ccccc1)N1CCCCC1(C)C(=O)O. The average molecular weight is 275 g/mol. The molecular formula is C17H25NO2. The van der Waals surface area contributed by atoms with Gasteiger partial charge in [-0.1, -0.05) is 37.3 Å². The number of benzene rings is 1. The lowest BCUT2D eigenvalue weighted by atomic mass is 9.85. The Morgan fingerprint density at radius 3 is 2.65 bits per heavy atom. The topological polar surface area (TPSA) is 40.5 Å². The molecule has 3 heteroatoms. The van der Waals surface area contributed by atoms with E-state index in [-0.39, 0.29) is 0 Å². The van der Waals surface area contributed by atoms with Gasteiger partial charge >= 0.3 is 5.97 Å². The zero-order chi connectivity index (χ0) is 14.6. The van der Waals surface area contributed by atoms with Gasteiger partial charge in [0.05, 0.1) is 0 Å². The van der Waals surface area contributed by atoms with Crippen LogP contribution in [-0.2, 0) is 11.2 Å². The fourth-order valence-electron chi connectivity index (χ4n) is 3.32. The number of aliphatic carboxylic acids is 1. The highest BCUT2D eigenvalue weighted by molar-refractivity contribution is 5.78. The minimum Gasteiger partial charge on any atom is -0.480 e. The van der Waals surface area contributed by atoms with Gasteiger partial charge in [0, 0.05) is 6.04 Å². The Hall–Kier alpha value is -1.35. The largest absolute Gasteiger partial charge is 0.480 e. The first-order valence-electron chi connectivity index (χ1n) is 7.62. The maximum atomic E-state index is 11.7. The molecule has 2 atom stereocenters. The summed E-state index contributed by atoms with van der Waals surface area (Å²) in [6.45, 7) is 4.95. The Labute approximate surface area is 121 Å². The standard InChI is InChI=1S/C17H25NO2/c1-3-15(13-14-9-5-4-6-10-14)18-12-8-7-11-17(18,2)16(19)20/h4-6,9-10,15H,3,7-8,11-13H2,1-2H3,(H,19,20). The van der Waals surface area contributed by atoms with Crippen LogP contribution in [0.3, 0.4) is 0 Å². The fraction of sp³-hybridized carbons (Fsp3) is 0.588. The summed E-state index contributed by atoms with van der Waals surface area (Å²) >= 11 is 0. The van der Waals surface area contributed by atoms with Crippen LogP contribution in [0.1, 0.15) is 45.1 Å². The predicted octanol–water partition coefficient (Wildman–Crippen LogP) is 3.34. The minimum atomic E-state index is -0.701. The van der Waals surface area contributed by atoms with Gasteiger partial charge in [-0.15, -0.1) is 0 Å². The van der Waals surface area contributed by atoms with Crippen molar-refractivity contribution in [1.82, 2.24) is 4.90 Å². The number of piperidine rings is 1. The summed E-state index contributed by atoms with van der Waals surface area (Å²) < 4.78 is 0. The van der Waals surface area contributed by atoms with Crippen LogP contribution in [0.15, 0.2) is 30.3 Å². The van der Waals surface area contributed by atoms with Crippen LogP contribution in [0.2, 0.25) is 0 Å². The van der Waals surface area contributed by atoms with Gasteiger partial charge in [-0.05, 0) is 51.1 Å². The highest BCUT2D eigenvalue weighted by Crippen LogP contribution is 2.32. The molecule has 1 aliphatic heterocycles. The Kier molecular flexibility index (Phi) is 4.81. The molecule has 1 aliphatic rings. The Morgan fingerprint density at radius 1 is 1.35 bits per heavy atom. The average Bonchev–Trinajstić information content (AvgIpc) is 2.46. The Bertz CT molecular complexity index is 446. The summed E-state index contributed by atoms with van der Waals surface area (Å²) in [6.07, 6.45) is 4.79. The normalized spacial score (nSPS) is 25.3. The molecule has 2 rings (SSSR count). The molecule has 110 valence electrons.